The third kappa shape index (κ3) is 4.33. The molecule has 1 rings (SSSR count). The van der Waals surface area contributed by atoms with Gasteiger partial charge in [0.05, 0.1) is 4.92 Å². The van der Waals surface area contributed by atoms with Gasteiger partial charge in [0.1, 0.15) is 5.69 Å². The average Bonchev–Trinajstić information content (AvgIpc) is 2.17. The summed E-state index contributed by atoms with van der Waals surface area (Å²) in [5.74, 6) is 0. The molecule has 0 fully saturated rings. The molecular weight excluding hydrogens is 230 g/mol. The summed E-state index contributed by atoms with van der Waals surface area (Å²) < 4.78 is 0. The maximum atomic E-state index is 10.8. The minimum absolute atomic E-state index is 0.0170. The molecule has 0 aliphatic heterocycles. The topological polar surface area (TPSA) is 72.4 Å². The molecule has 0 radical (unpaired) electrons. The molecule has 0 amide bonds. The molecule has 0 aliphatic carbocycles. The van der Waals surface area contributed by atoms with Gasteiger partial charge in [0.25, 0.3) is 5.69 Å². The molecule has 0 aliphatic rings. The van der Waals surface area contributed by atoms with E-state index in [1.165, 1.54) is 0 Å². The van der Waals surface area contributed by atoms with Crippen molar-refractivity contribution in [2.24, 2.45) is 5.41 Å². The van der Waals surface area contributed by atoms with Crippen LogP contribution in [0.3, 0.4) is 0 Å². The van der Waals surface area contributed by atoms with Crippen molar-refractivity contribution in [1.29, 1.82) is 0 Å². The van der Waals surface area contributed by atoms with Crippen LogP contribution in [0.1, 0.15) is 26.3 Å². The third-order valence-electron chi connectivity index (χ3n) is 2.49. The minimum atomic E-state index is -0.442. The monoisotopic (exact) mass is 251 g/mol. The van der Waals surface area contributed by atoms with E-state index in [2.05, 4.69) is 25.7 Å². The fourth-order valence-corrected chi connectivity index (χ4v) is 2.02. The summed E-state index contributed by atoms with van der Waals surface area (Å²) in [7, 11) is 2.01. The van der Waals surface area contributed by atoms with Gasteiger partial charge in [-0.1, -0.05) is 26.8 Å². The molecule has 0 saturated carbocycles. The fourth-order valence-electron chi connectivity index (χ4n) is 2.02. The van der Waals surface area contributed by atoms with Crippen LogP contribution >= 0.6 is 0 Å². The zero-order chi connectivity index (χ0) is 13.9. The summed E-state index contributed by atoms with van der Waals surface area (Å²) in [6.45, 7) is 8.09. The lowest BCUT2D eigenvalue weighted by Crippen LogP contribution is -2.28. The largest absolute Gasteiger partial charge is 0.393 e. The fraction of sp³-hybridized carbons (Fsp3) is 0.538. The van der Waals surface area contributed by atoms with Crippen LogP contribution in [-0.4, -0.2) is 23.4 Å². The highest BCUT2D eigenvalue weighted by Gasteiger charge is 2.16. The molecule has 5 nitrogen and oxygen atoms in total. The lowest BCUT2D eigenvalue weighted by molar-refractivity contribution is -0.384. The van der Waals surface area contributed by atoms with Crippen LogP contribution in [0.4, 0.5) is 11.4 Å². The molecule has 1 aromatic carbocycles. The number of hydrogen-bond acceptors (Lipinski definition) is 4. The highest BCUT2D eigenvalue weighted by atomic mass is 16.6. The second-order valence-electron chi connectivity index (χ2n) is 5.88. The van der Waals surface area contributed by atoms with Crippen LogP contribution in [-0.2, 0) is 6.54 Å². The summed E-state index contributed by atoms with van der Waals surface area (Å²) >= 11 is 0. The molecule has 0 spiro atoms. The Morgan fingerprint density at radius 3 is 2.50 bits per heavy atom. The first kappa shape index (κ1) is 14.4. The number of benzene rings is 1. The minimum Gasteiger partial charge on any atom is -0.393 e. The number of nitro groups is 1. The van der Waals surface area contributed by atoms with Crippen molar-refractivity contribution in [2.45, 2.75) is 27.3 Å². The van der Waals surface area contributed by atoms with Crippen LogP contribution in [0.15, 0.2) is 18.2 Å². The second-order valence-corrected chi connectivity index (χ2v) is 5.88. The van der Waals surface area contributed by atoms with Crippen LogP contribution in [0, 0.1) is 15.5 Å². The van der Waals surface area contributed by atoms with E-state index in [-0.39, 0.29) is 16.8 Å². The summed E-state index contributed by atoms with van der Waals surface area (Å²) in [6, 6.07) is 4.98. The van der Waals surface area contributed by atoms with Gasteiger partial charge in [-0.05, 0) is 24.1 Å². The summed E-state index contributed by atoms with van der Waals surface area (Å²) in [5, 5.41) is 10.8. The van der Waals surface area contributed by atoms with Crippen molar-refractivity contribution in [2.75, 3.05) is 19.3 Å². The van der Waals surface area contributed by atoms with E-state index in [0.29, 0.717) is 6.54 Å². The van der Waals surface area contributed by atoms with Gasteiger partial charge in [0, 0.05) is 19.2 Å². The number of nitrogens with zero attached hydrogens (tertiary/aromatic N) is 2. The molecule has 100 valence electrons. The van der Waals surface area contributed by atoms with Gasteiger partial charge in [0.2, 0.25) is 0 Å². The molecule has 18 heavy (non-hydrogen) atoms. The predicted octanol–water partition coefficient (Wildman–Crippen LogP) is 2.65. The van der Waals surface area contributed by atoms with E-state index in [1.807, 2.05) is 13.1 Å². The Morgan fingerprint density at radius 1 is 1.39 bits per heavy atom. The Balaban J connectivity index is 2.80. The summed E-state index contributed by atoms with van der Waals surface area (Å²) in [4.78, 5) is 12.5. The number of rotatable bonds is 4. The quantitative estimate of drug-likeness (QED) is 0.507. The van der Waals surface area contributed by atoms with Crippen molar-refractivity contribution in [3.63, 3.8) is 0 Å². The lowest BCUT2D eigenvalue weighted by Gasteiger charge is -2.26. The van der Waals surface area contributed by atoms with Gasteiger partial charge in [0.15, 0.2) is 0 Å². The smallest absolute Gasteiger partial charge is 0.292 e. The normalized spacial score (nSPS) is 11.8. The first-order chi connectivity index (χ1) is 8.19. The van der Waals surface area contributed by atoms with Gasteiger partial charge in [-0.15, -0.1) is 0 Å². The third-order valence-corrected chi connectivity index (χ3v) is 2.49. The zero-order valence-electron chi connectivity index (χ0n) is 11.4. The maximum absolute atomic E-state index is 10.8. The van der Waals surface area contributed by atoms with Crippen molar-refractivity contribution in [3.8, 4) is 0 Å². The van der Waals surface area contributed by atoms with Gasteiger partial charge < -0.3 is 10.6 Å². The molecule has 0 bridgehead atoms. The van der Waals surface area contributed by atoms with Gasteiger partial charge >= 0.3 is 0 Å². The van der Waals surface area contributed by atoms with Gasteiger partial charge in [-0.2, -0.15) is 0 Å². The number of anilines is 1. The number of hydrogen-bond donors (Lipinski definition) is 1. The molecule has 0 unspecified atom stereocenters. The van der Waals surface area contributed by atoms with Gasteiger partial charge in [-0.25, -0.2) is 0 Å². The first-order valence-corrected chi connectivity index (χ1v) is 5.90. The van der Waals surface area contributed by atoms with Crippen molar-refractivity contribution in [3.05, 3.63) is 33.9 Å². The SMILES string of the molecule is CN(Cc1ccc(N)c([N+](=O)[O-])c1)CC(C)(C)C. The Hall–Kier alpha value is -1.62. The van der Waals surface area contributed by atoms with E-state index >= 15 is 0 Å². The molecule has 5 heteroatoms. The first-order valence-electron chi connectivity index (χ1n) is 5.90. The molecule has 2 N–H and O–H groups in total. The molecule has 0 aromatic heterocycles. The summed E-state index contributed by atoms with van der Waals surface area (Å²) in [5.41, 5.74) is 6.87. The highest BCUT2D eigenvalue weighted by molar-refractivity contribution is 5.59. The number of nitro benzene ring substituents is 1. The zero-order valence-corrected chi connectivity index (χ0v) is 11.4. The van der Waals surface area contributed by atoms with Crippen LogP contribution < -0.4 is 5.73 Å². The highest BCUT2D eigenvalue weighted by Crippen LogP contribution is 2.23. The molecule has 0 saturated heterocycles. The summed E-state index contributed by atoms with van der Waals surface area (Å²) in [6.07, 6.45) is 0. The Morgan fingerprint density at radius 2 is 2.00 bits per heavy atom. The maximum Gasteiger partial charge on any atom is 0.292 e. The van der Waals surface area contributed by atoms with Gasteiger partial charge in [-0.3, -0.25) is 10.1 Å². The standard InChI is InChI=1S/C13H21N3O2/c1-13(2,3)9-15(4)8-10-5-6-11(14)12(7-10)16(17)18/h5-7H,8-9,14H2,1-4H3. The van der Waals surface area contributed by atoms with Crippen molar-refractivity contribution in [1.82, 2.24) is 4.90 Å². The molecular formula is C13H21N3O2. The van der Waals surface area contributed by atoms with E-state index in [1.54, 1.807) is 12.1 Å². The average molecular weight is 251 g/mol. The number of nitrogen functional groups attached to an aromatic ring is 1. The van der Waals surface area contributed by atoms with E-state index in [4.69, 9.17) is 5.73 Å². The lowest BCUT2D eigenvalue weighted by atomic mass is 9.96. The van der Waals surface area contributed by atoms with E-state index in [9.17, 15) is 10.1 Å². The second kappa shape index (κ2) is 5.35. The van der Waals surface area contributed by atoms with Crippen LogP contribution in [0.5, 0.6) is 0 Å². The van der Waals surface area contributed by atoms with Crippen molar-refractivity contribution < 1.29 is 4.92 Å². The Kier molecular flexibility index (Phi) is 4.29. The van der Waals surface area contributed by atoms with Crippen LogP contribution in [0.2, 0.25) is 0 Å². The van der Waals surface area contributed by atoms with E-state index < -0.39 is 4.92 Å². The Bertz CT molecular complexity index is 438. The van der Waals surface area contributed by atoms with Crippen molar-refractivity contribution >= 4 is 11.4 Å². The number of nitrogens with two attached hydrogens (primary N) is 1. The predicted molar refractivity (Wildman–Crippen MR) is 73.3 cm³/mol. The molecule has 0 heterocycles. The van der Waals surface area contributed by atoms with Crippen LogP contribution in [0.25, 0.3) is 0 Å². The van der Waals surface area contributed by atoms with E-state index in [0.717, 1.165) is 12.1 Å². The Labute approximate surface area is 108 Å². The molecule has 0 atom stereocenters. The molecule has 1 aromatic rings.